The lowest BCUT2D eigenvalue weighted by Gasteiger charge is -2.07. The van der Waals surface area contributed by atoms with Gasteiger partial charge in [-0.25, -0.2) is 0 Å². The van der Waals surface area contributed by atoms with Crippen LogP contribution in [0.4, 0.5) is 11.5 Å². The number of ether oxygens (including phenoxy) is 1. The van der Waals surface area contributed by atoms with E-state index in [0.29, 0.717) is 19.0 Å². The second kappa shape index (κ2) is 7.26. The van der Waals surface area contributed by atoms with Gasteiger partial charge in [-0.1, -0.05) is 19.1 Å². The van der Waals surface area contributed by atoms with E-state index in [-0.39, 0.29) is 11.6 Å². The molecule has 1 aromatic rings. The first kappa shape index (κ1) is 14.0. The lowest BCUT2D eigenvalue weighted by molar-refractivity contribution is -0.384. The van der Waals surface area contributed by atoms with Crippen LogP contribution in [-0.4, -0.2) is 23.1 Å². The molecular formula is C12H17N3O3. The Bertz CT molecular complexity index is 433. The average Bonchev–Trinajstić information content (AvgIpc) is 2.36. The molecule has 1 rings (SSSR count). The number of nitrogens with zero attached hydrogens (tertiary/aromatic N) is 2. The average molecular weight is 251 g/mol. The van der Waals surface area contributed by atoms with Gasteiger partial charge in [0.25, 0.3) is 5.69 Å². The Morgan fingerprint density at radius 1 is 1.56 bits per heavy atom. The fourth-order valence-electron chi connectivity index (χ4n) is 1.24. The number of nitro groups is 1. The molecule has 0 fully saturated rings. The number of rotatable bonds is 7. The number of pyridine rings is 1. The van der Waals surface area contributed by atoms with Crippen LogP contribution < -0.4 is 10.1 Å². The highest BCUT2D eigenvalue weighted by molar-refractivity contribution is 5.48. The van der Waals surface area contributed by atoms with Crippen molar-refractivity contribution in [3.05, 3.63) is 34.4 Å². The number of allylic oxidation sites excluding steroid dienone is 1. The Hall–Kier alpha value is -2.11. The highest BCUT2D eigenvalue weighted by Gasteiger charge is 2.11. The molecule has 0 unspecified atom stereocenters. The van der Waals surface area contributed by atoms with Crippen molar-refractivity contribution in [2.45, 2.75) is 20.3 Å². The van der Waals surface area contributed by atoms with Crippen LogP contribution in [0.1, 0.15) is 20.3 Å². The van der Waals surface area contributed by atoms with E-state index in [1.165, 1.54) is 12.1 Å². The van der Waals surface area contributed by atoms with Gasteiger partial charge in [-0.05, 0) is 13.3 Å². The zero-order chi connectivity index (χ0) is 13.4. The highest BCUT2D eigenvalue weighted by Crippen LogP contribution is 2.22. The topological polar surface area (TPSA) is 77.3 Å². The minimum atomic E-state index is -0.457. The number of anilines is 1. The predicted octanol–water partition coefficient (Wildman–Crippen LogP) is 2.77. The van der Waals surface area contributed by atoms with Crippen molar-refractivity contribution in [3.8, 4) is 5.88 Å². The molecule has 0 saturated heterocycles. The zero-order valence-corrected chi connectivity index (χ0v) is 10.5. The van der Waals surface area contributed by atoms with E-state index in [1.807, 2.05) is 19.9 Å². The maximum absolute atomic E-state index is 10.8. The summed E-state index contributed by atoms with van der Waals surface area (Å²) in [6.07, 6.45) is 4.56. The predicted molar refractivity (Wildman–Crippen MR) is 70.0 cm³/mol. The van der Waals surface area contributed by atoms with E-state index in [0.717, 1.165) is 6.42 Å². The molecule has 0 aliphatic heterocycles. The third kappa shape index (κ3) is 4.40. The van der Waals surface area contributed by atoms with E-state index >= 15 is 0 Å². The highest BCUT2D eigenvalue weighted by atomic mass is 16.6. The SMILES string of the molecule is C/C=C/COc1cc([N+](=O)[O-])cc(NCCC)n1. The quantitative estimate of drug-likeness (QED) is 0.458. The van der Waals surface area contributed by atoms with Crippen molar-refractivity contribution in [2.75, 3.05) is 18.5 Å². The summed E-state index contributed by atoms with van der Waals surface area (Å²) in [5.41, 5.74) is -0.0286. The smallest absolute Gasteiger partial charge is 0.278 e. The van der Waals surface area contributed by atoms with Gasteiger partial charge in [-0.2, -0.15) is 4.98 Å². The first-order valence-corrected chi connectivity index (χ1v) is 5.81. The second-order valence-corrected chi connectivity index (χ2v) is 3.61. The van der Waals surface area contributed by atoms with Crippen LogP contribution in [-0.2, 0) is 0 Å². The van der Waals surface area contributed by atoms with E-state index in [4.69, 9.17) is 4.74 Å². The Balaban J connectivity index is 2.87. The summed E-state index contributed by atoms with van der Waals surface area (Å²) in [5, 5.41) is 13.8. The molecule has 0 bridgehead atoms. The standard InChI is InChI=1S/C12H17N3O3/c1-3-5-7-18-12-9-10(15(16)17)8-11(14-12)13-6-4-2/h3,5,8-9H,4,6-7H2,1-2H3,(H,13,14)/b5-3+. The summed E-state index contributed by atoms with van der Waals surface area (Å²) in [4.78, 5) is 14.5. The van der Waals surface area contributed by atoms with Gasteiger partial charge < -0.3 is 10.1 Å². The second-order valence-electron chi connectivity index (χ2n) is 3.61. The van der Waals surface area contributed by atoms with Crippen molar-refractivity contribution in [3.63, 3.8) is 0 Å². The normalized spacial score (nSPS) is 10.6. The van der Waals surface area contributed by atoms with Crippen LogP contribution in [0.2, 0.25) is 0 Å². The lowest BCUT2D eigenvalue weighted by atomic mass is 10.3. The summed E-state index contributed by atoms with van der Waals surface area (Å²) < 4.78 is 5.32. The first-order valence-electron chi connectivity index (χ1n) is 5.81. The molecule has 1 aromatic heterocycles. The Labute approximate surface area is 106 Å². The number of hydrogen-bond donors (Lipinski definition) is 1. The molecule has 18 heavy (non-hydrogen) atoms. The molecule has 0 radical (unpaired) electrons. The third-order valence-corrected chi connectivity index (χ3v) is 2.12. The van der Waals surface area contributed by atoms with E-state index in [2.05, 4.69) is 10.3 Å². The monoisotopic (exact) mass is 251 g/mol. The number of aromatic nitrogens is 1. The van der Waals surface area contributed by atoms with Gasteiger partial charge in [0.05, 0.1) is 17.1 Å². The first-order chi connectivity index (χ1) is 8.67. The van der Waals surface area contributed by atoms with Crippen molar-refractivity contribution >= 4 is 11.5 Å². The molecule has 0 saturated carbocycles. The number of nitrogens with one attached hydrogen (secondary N) is 1. The van der Waals surface area contributed by atoms with E-state index in [9.17, 15) is 10.1 Å². The van der Waals surface area contributed by atoms with Crippen LogP contribution in [0.3, 0.4) is 0 Å². The van der Waals surface area contributed by atoms with Crippen molar-refractivity contribution in [2.24, 2.45) is 0 Å². The van der Waals surface area contributed by atoms with Crippen LogP contribution >= 0.6 is 0 Å². The van der Waals surface area contributed by atoms with Crippen LogP contribution in [0.15, 0.2) is 24.3 Å². The summed E-state index contributed by atoms with van der Waals surface area (Å²) in [5.74, 6) is 0.711. The van der Waals surface area contributed by atoms with Gasteiger partial charge in [0.2, 0.25) is 5.88 Å². The minimum absolute atomic E-state index is 0.0286. The fraction of sp³-hybridized carbons (Fsp3) is 0.417. The summed E-state index contributed by atoms with van der Waals surface area (Å²) in [7, 11) is 0. The fourth-order valence-corrected chi connectivity index (χ4v) is 1.24. The Kier molecular flexibility index (Phi) is 5.63. The largest absolute Gasteiger partial charge is 0.473 e. The maximum Gasteiger partial charge on any atom is 0.278 e. The summed E-state index contributed by atoms with van der Waals surface area (Å²) in [6.45, 7) is 4.94. The molecule has 1 heterocycles. The van der Waals surface area contributed by atoms with Crippen molar-refractivity contribution < 1.29 is 9.66 Å². The van der Waals surface area contributed by atoms with Crippen molar-refractivity contribution in [1.29, 1.82) is 0 Å². The molecule has 98 valence electrons. The molecule has 0 aliphatic rings. The molecule has 0 aliphatic carbocycles. The van der Waals surface area contributed by atoms with E-state index < -0.39 is 4.92 Å². The maximum atomic E-state index is 10.8. The Morgan fingerprint density at radius 2 is 2.33 bits per heavy atom. The van der Waals surface area contributed by atoms with E-state index in [1.54, 1.807) is 6.08 Å². The van der Waals surface area contributed by atoms with Crippen molar-refractivity contribution in [1.82, 2.24) is 4.98 Å². The molecule has 0 aromatic carbocycles. The lowest BCUT2D eigenvalue weighted by Crippen LogP contribution is -2.05. The summed E-state index contributed by atoms with van der Waals surface area (Å²) >= 11 is 0. The molecular weight excluding hydrogens is 234 g/mol. The molecule has 0 amide bonds. The zero-order valence-electron chi connectivity index (χ0n) is 10.5. The summed E-state index contributed by atoms with van der Waals surface area (Å²) in [6, 6.07) is 2.72. The molecule has 0 spiro atoms. The van der Waals surface area contributed by atoms with Crippen LogP contribution in [0.5, 0.6) is 5.88 Å². The van der Waals surface area contributed by atoms with Gasteiger partial charge in [0.15, 0.2) is 0 Å². The van der Waals surface area contributed by atoms with Gasteiger partial charge in [-0.3, -0.25) is 10.1 Å². The Morgan fingerprint density at radius 3 is 2.94 bits per heavy atom. The molecule has 6 heteroatoms. The molecule has 1 N–H and O–H groups in total. The van der Waals surface area contributed by atoms with Gasteiger partial charge in [0, 0.05) is 6.54 Å². The molecule has 0 atom stereocenters. The number of hydrogen-bond acceptors (Lipinski definition) is 5. The van der Waals surface area contributed by atoms with Gasteiger partial charge in [-0.15, -0.1) is 0 Å². The van der Waals surface area contributed by atoms with Gasteiger partial charge >= 0.3 is 0 Å². The minimum Gasteiger partial charge on any atom is -0.473 e. The van der Waals surface area contributed by atoms with Crippen LogP contribution in [0.25, 0.3) is 0 Å². The molecule has 6 nitrogen and oxygen atoms in total. The van der Waals surface area contributed by atoms with Crippen LogP contribution in [0, 0.1) is 10.1 Å². The third-order valence-electron chi connectivity index (χ3n) is 2.12. The van der Waals surface area contributed by atoms with Gasteiger partial charge in [0.1, 0.15) is 12.4 Å².